The molecule has 0 heterocycles. The number of amidine groups is 1. The van der Waals surface area contributed by atoms with Gasteiger partial charge in [0.1, 0.15) is 0 Å². The first-order valence-electron chi connectivity index (χ1n) is 6.96. The second-order valence-corrected chi connectivity index (χ2v) is 5.41. The monoisotopic (exact) mass is 275 g/mol. The maximum Gasteiger partial charge on any atom is 0.224 e. The molecule has 108 valence electrons. The topological polar surface area (TPSA) is 87.7 Å². The van der Waals surface area contributed by atoms with Crippen LogP contribution in [0, 0.1) is 5.92 Å². The third-order valence-electron chi connectivity index (χ3n) is 3.97. The maximum atomic E-state index is 11.9. The Balaban J connectivity index is 1.87. The molecule has 5 nitrogen and oxygen atoms in total. The smallest absolute Gasteiger partial charge is 0.224 e. The number of rotatable bonds is 5. The number of carbonyl (C=O) groups excluding carboxylic acids is 1. The van der Waals surface area contributed by atoms with E-state index in [1.807, 2.05) is 12.1 Å². The Labute approximate surface area is 118 Å². The first-order chi connectivity index (χ1) is 9.60. The van der Waals surface area contributed by atoms with Crippen LogP contribution in [0.1, 0.15) is 37.3 Å². The van der Waals surface area contributed by atoms with Crippen molar-refractivity contribution in [2.24, 2.45) is 16.8 Å². The highest BCUT2D eigenvalue weighted by Crippen LogP contribution is 2.29. The summed E-state index contributed by atoms with van der Waals surface area (Å²) in [4.78, 5) is 11.9. The normalized spacial score (nSPS) is 17.4. The van der Waals surface area contributed by atoms with Crippen molar-refractivity contribution in [2.75, 3.05) is 0 Å². The SMILES string of the molecule is CC(NC(=O)Cc1ccc(/C(N)=N/O)cc1)C1CCC1. The number of amides is 1. The minimum atomic E-state index is 0.0425. The highest BCUT2D eigenvalue weighted by Gasteiger charge is 2.24. The molecule has 0 aromatic heterocycles. The van der Waals surface area contributed by atoms with Crippen molar-refractivity contribution in [3.8, 4) is 0 Å². The maximum absolute atomic E-state index is 11.9. The lowest BCUT2D eigenvalue weighted by molar-refractivity contribution is -0.121. The van der Waals surface area contributed by atoms with E-state index in [2.05, 4.69) is 17.4 Å². The number of hydrogen-bond donors (Lipinski definition) is 3. The largest absolute Gasteiger partial charge is 0.409 e. The van der Waals surface area contributed by atoms with Crippen molar-refractivity contribution in [1.29, 1.82) is 0 Å². The molecule has 1 amide bonds. The van der Waals surface area contributed by atoms with Crippen LogP contribution in [0.3, 0.4) is 0 Å². The van der Waals surface area contributed by atoms with Gasteiger partial charge in [0.15, 0.2) is 5.84 Å². The van der Waals surface area contributed by atoms with E-state index in [-0.39, 0.29) is 17.8 Å². The zero-order valence-corrected chi connectivity index (χ0v) is 11.7. The van der Waals surface area contributed by atoms with Gasteiger partial charge in [0, 0.05) is 11.6 Å². The van der Waals surface area contributed by atoms with Crippen LogP contribution < -0.4 is 11.1 Å². The second-order valence-electron chi connectivity index (χ2n) is 5.41. The number of carbonyl (C=O) groups is 1. The zero-order valence-electron chi connectivity index (χ0n) is 11.7. The van der Waals surface area contributed by atoms with Gasteiger partial charge in [-0.05, 0) is 31.2 Å². The van der Waals surface area contributed by atoms with Crippen molar-refractivity contribution in [1.82, 2.24) is 5.32 Å². The van der Waals surface area contributed by atoms with Gasteiger partial charge < -0.3 is 16.3 Å². The first kappa shape index (κ1) is 14.4. The lowest BCUT2D eigenvalue weighted by Gasteiger charge is -2.31. The Morgan fingerprint density at radius 1 is 1.45 bits per heavy atom. The molecule has 1 atom stereocenters. The molecule has 1 saturated carbocycles. The molecule has 1 aliphatic rings. The first-order valence-corrected chi connectivity index (χ1v) is 6.96. The molecular formula is C15H21N3O2. The number of oxime groups is 1. The molecule has 0 spiro atoms. The van der Waals surface area contributed by atoms with Gasteiger partial charge in [0.25, 0.3) is 0 Å². The number of nitrogens with one attached hydrogen (secondary N) is 1. The number of nitrogens with zero attached hydrogens (tertiary/aromatic N) is 1. The summed E-state index contributed by atoms with van der Waals surface area (Å²) in [7, 11) is 0. The molecule has 4 N–H and O–H groups in total. The fourth-order valence-corrected chi connectivity index (χ4v) is 2.40. The predicted octanol–water partition coefficient (Wildman–Crippen LogP) is 1.63. The standard InChI is InChI=1S/C15H21N3O2/c1-10(12-3-2-4-12)17-14(19)9-11-5-7-13(8-6-11)15(16)18-20/h5-8,10,12,20H,2-4,9H2,1H3,(H2,16,18)(H,17,19). The van der Waals surface area contributed by atoms with Crippen LogP contribution in [-0.4, -0.2) is 23.0 Å². The third kappa shape index (κ3) is 3.50. The average molecular weight is 275 g/mol. The minimum absolute atomic E-state index is 0.0425. The Hall–Kier alpha value is -2.04. The summed E-state index contributed by atoms with van der Waals surface area (Å²) in [6.45, 7) is 2.07. The van der Waals surface area contributed by atoms with Gasteiger partial charge >= 0.3 is 0 Å². The van der Waals surface area contributed by atoms with Crippen molar-refractivity contribution >= 4 is 11.7 Å². The third-order valence-corrected chi connectivity index (χ3v) is 3.97. The van der Waals surface area contributed by atoms with Crippen molar-refractivity contribution in [2.45, 2.75) is 38.6 Å². The molecule has 1 aliphatic carbocycles. The molecule has 20 heavy (non-hydrogen) atoms. The highest BCUT2D eigenvalue weighted by atomic mass is 16.4. The summed E-state index contributed by atoms with van der Waals surface area (Å²) in [6.07, 6.45) is 4.07. The Kier molecular flexibility index (Phi) is 4.61. The predicted molar refractivity (Wildman–Crippen MR) is 77.6 cm³/mol. The highest BCUT2D eigenvalue weighted by molar-refractivity contribution is 5.97. The van der Waals surface area contributed by atoms with Crippen LogP contribution in [0.25, 0.3) is 0 Å². The van der Waals surface area contributed by atoms with E-state index >= 15 is 0 Å². The van der Waals surface area contributed by atoms with Crippen LogP contribution in [0.5, 0.6) is 0 Å². The second kappa shape index (κ2) is 6.41. The van der Waals surface area contributed by atoms with E-state index in [9.17, 15) is 4.79 Å². The summed E-state index contributed by atoms with van der Waals surface area (Å²) in [5.41, 5.74) is 7.04. The molecule has 1 aromatic rings. The van der Waals surface area contributed by atoms with Crippen LogP contribution in [0.2, 0.25) is 0 Å². The average Bonchev–Trinajstić information content (AvgIpc) is 2.36. The zero-order chi connectivity index (χ0) is 14.5. The Bertz CT molecular complexity index is 492. The van der Waals surface area contributed by atoms with Crippen molar-refractivity contribution in [3.05, 3.63) is 35.4 Å². The number of benzene rings is 1. The van der Waals surface area contributed by atoms with Gasteiger partial charge in [-0.15, -0.1) is 0 Å². The Morgan fingerprint density at radius 3 is 2.60 bits per heavy atom. The number of hydrogen-bond acceptors (Lipinski definition) is 3. The van der Waals surface area contributed by atoms with Gasteiger partial charge in [-0.3, -0.25) is 4.79 Å². The summed E-state index contributed by atoms with van der Waals surface area (Å²) >= 11 is 0. The fourth-order valence-electron chi connectivity index (χ4n) is 2.40. The van der Waals surface area contributed by atoms with Crippen molar-refractivity contribution in [3.63, 3.8) is 0 Å². The van der Waals surface area contributed by atoms with Crippen molar-refractivity contribution < 1.29 is 10.0 Å². The lowest BCUT2D eigenvalue weighted by Crippen LogP contribution is -2.41. The van der Waals surface area contributed by atoms with Gasteiger partial charge in [0.2, 0.25) is 5.91 Å². The van der Waals surface area contributed by atoms with Gasteiger partial charge in [-0.2, -0.15) is 0 Å². The van der Waals surface area contributed by atoms with E-state index in [0.717, 1.165) is 5.56 Å². The summed E-state index contributed by atoms with van der Waals surface area (Å²) in [5.74, 6) is 0.752. The van der Waals surface area contributed by atoms with Crippen LogP contribution in [-0.2, 0) is 11.2 Å². The summed E-state index contributed by atoms with van der Waals surface area (Å²) in [6, 6.07) is 7.38. The van der Waals surface area contributed by atoms with E-state index in [1.54, 1.807) is 12.1 Å². The molecule has 0 radical (unpaired) electrons. The van der Waals surface area contributed by atoms with Crippen LogP contribution >= 0.6 is 0 Å². The molecule has 1 aromatic carbocycles. The van der Waals surface area contributed by atoms with Crippen LogP contribution in [0.15, 0.2) is 29.4 Å². The van der Waals surface area contributed by atoms with E-state index in [0.29, 0.717) is 17.9 Å². The molecule has 2 rings (SSSR count). The minimum Gasteiger partial charge on any atom is -0.409 e. The summed E-state index contributed by atoms with van der Waals surface area (Å²) in [5, 5.41) is 14.6. The summed E-state index contributed by atoms with van der Waals surface area (Å²) < 4.78 is 0. The van der Waals surface area contributed by atoms with Gasteiger partial charge in [0.05, 0.1) is 6.42 Å². The molecule has 0 aliphatic heterocycles. The molecule has 0 saturated heterocycles. The fraction of sp³-hybridized carbons (Fsp3) is 0.467. The van der Waals surface area contributed by atoms with Gasteiger partial charge in [-0.1, -0.05) is 35.8 Å². The Morgan fingerprint density at radius 2 is 2.10 bits per heavy atom. The molecule has 1 unspecified atom stereocenters. The van der Waals surface area contributed by atoms with E-state index in [4.69, 9.17) is 10.9 Å². The van der Waals surface area contributed by atoms with Crippen LogP contribution in [0.4, 0.5) is 0 Å². The van der Waals surface area contributed by atoms with E-state index < -0.39 is 0 Å². The van der Waals surface area contributed by atoms with Gasteiger partial charge in [-0.25, -0.2) is 0 Å². The molecule has 0 bridgehead atoms. The molecular weight excluding hydrogens is 254 g/mol. The van der Waals surface area contributed by atoms with E-state index in [1.165, 1.54) is 19.3 Å². The molecule has 1 fully saturated rings. The molecule has 5 heteroatoms. The quantitative estimate of drug-likeness (QED) is 0.330. The lowest BCUT2D eigenvalue weighted by atomic mass is 9.80. The number of nitrogens with two attached hydrogens (primary N) is 1.